The monoisotopic (exact) mass is 339 g/mol. The lowest BCUT2D eigenvalue weighted by molar-refractivity contribution is -0.0442. The van der Waals surface area contributed by atoms with E-state index >= 15 is 0 Å². The Balaban J connectivity index is 1.85. The second-order valence-corrected chi connectivity index (χ2v) is 6.64. The Morgan fingerprint density at radius 2 is 1.83 bits per heavy atom. The maximum Gasteiger partial charge on any atom is 0.407 e. The normalized spacial score (nSPS) is 18.2. The number of rotatable bonds is 5. The van der Waals surface area contributed by atoms with E-state index < -0.39 is 23.9 Å². The molecule has 0 aromatic heterocycles. The molecule has 1 fully saturated rings. The summed E-state index contributed by atoms with van der Waals surface area (Å²) in [6.45, 7) is 6.24. The highest BCUT2D eigenvalue weighted by Crippen LogP contribution is 2.25. The van der Waals surface area contributed by atoms with Crippen molar-refractivity contribution in [2.45, 2.75) is 44.9 Å². The zero-order valence-electron chi connectivity index (χ0n) is 14.2. The van der Waals surface area contributed by atoms with E-state index in [1.165, 1.54) is 0 Å². The molecule has 3 N–H and O–H groups in total. The van der Waals surface area contributed by atoms with Crippen molar-refractivity contribution in [3.05, 3.63) is 35.4 Å². The molecular weight excluding hydrogens is 314 g/mol. The van der Waals surface area contributed by atoms with Gasteiger partial charge in [-0.05, 0) is 26.3 Å². The lowest BCUT2D eigenvalue weighted by Crippen LogP contribution is -2.38. The fourth-order valence-electron chi connectivity index (χ4n) is 2.24. The standard InChI is InChI=1S/C17H25NO6/c1-17(2,3)24-16(21)18-10-13(19)14(20)11-4-6-12(7-5-11)15-22-8-9-23-15/h4-7,13-15,19-20H,8-10H2,1-3H3,(H,18,21). The molecule has 2 unspecified atom stereocenters. The van der Waals surface area contributed by atoms with Crippen molar-refractivity contribution in [1.82, 2.24) is 5.32 Å². The predicted molar refractivity (Wildman–Crippen MR) is 86.3 cm³/mol. The molecule has 1 amide bonds. The Kier molecular flexibility index (Phi) is 6.17. The van der Waals surface area contributed by atoms with Gasteiger partial charge in [0.05, 0.1) is 13.2 Å². The molecule has 1 aliphatic heterocycles. The van der Waals surface area contributed by atoms with Crippen molar-refractivity contribution in [2.75, 3.05) is 19.8 Å². The Morgan fingerprint density at radius 1 is 1.25 bits per heavy atom. The van der Waals surface area contributed by atoms with Crippen LogP contribution in [0.2, 0.25) is 0 Å². The van der Waals surface area contributed by atoms with Crippen LogP contribution in [-0.4, -0.2) is 47.8 Å². The fourth-order valence-corrected chi connectivity index (χ4v) is 2.24. The van der Waals surface area contributed by atoms with E-state index in [2.05, 4.69) is 5.32 Å². The molecule has 1 heterocycles. The second kappa shape index (κ2) is 7.94. The number of nitrogens with one attached hydrogen (secondary N) is 1. The minimum Gasteiger partial charge on any atom is -0.444 e. The molecule has 0 spiro atoms. The van der Waals surface area contributed by atoms with Crippen LogP contribution in [0.15, 0.2) is 24.3 Å². The maximum atomic E-state index is 11.6. The van der Waals surface area contributed by atoms with E-state index in [1.54, 1.807) is 45.0 Å². The Labute approximate surface area is 141 Å². The van der Waals surface area contributed by atoms with Crippen LogP contribution in [-0.2, 0) is 14.2 Å². The van der Waals surface area contributed by atoms with Crippen LogP contribution < -0.4 is 5.32 Å². The summed E-state index contributed by atoms with van der Waals surface area (Å²) in [5, 5.41) is 22.7. The smallest absolute Gasteiger partial charge is 0.407 e. The number of amides is 1. The number of aliphatic hydroxyl groups is 2. The summed E-state index contributed by atoms with van der Waals surface area (Å²) in [5.74, 6) is 0. The van der Waals surface area contributed by atoms with Gasteiger partial charge in [-0.1, -0.05) is 24.3 Å². The second-order valence-electron chi connectivity index (χ2n) is 6.64. The van der Waals surface area contributed by atoms with Crippen LogP contribution in [0, 0.1) is 0 Å². The van der Waals surface area contributed by atoms with Gasteiger partial charge in [-0.15, -0.1) is 0 Å². The summed E-state index contributed by atoms with van der Waals surface area (Å²) in [4.78, 5) is 11.6. The summed E-state index contributed by atoms with van der Waals surface area (Å²) in [7, 11) is 0. The van der Waals surface area contributed by atoms with Gasteiger partial charge >= 0.3 is 6.09 Å². The molecule has 134 valence electrons. The largest absolute Gasteiger partial charge is 0.444 e. The first-order valence-electron chi connectivity index (χ1n) is 7.92. The quantitative estimate of drug-likeness (QED) is 0.755. The zero-order chi connectivity index (χ0) is 17.7. The van der Waals surface area contributed by atoms with Gasteiger partial charge in [0.15, 0.2) is 6.29 Å². The van der Waals surface area contributed by atoms with E-state index in [0.717, 1.165) is 5.56 Å². The molecule has 2 rings (SSSR count). The molecule has 0 aliphatic carbocycles. The lowest BCUT2D eigenvalue weighted by atomic mass is 10.0. The first-order valence-corrected chi connectivity index (χ1v) is 7.92. The highest BCUT2D eigenvalue weighted by atomic mass is 16.7. The minimum atomic E-state index is -1.15. The van der Waals surface area contributed by atoms with Crippen molar-refractivity contribution in [3.8, 4) is 0 Å². The van der Waals surface area contributed by atoms with Gasteiger partial charge in [0.25, 0.3) is 0 Å². The number of hydrogen-bond acceptors (Lipinski definition) is 6. The van der Waals surface area contributed by atoms with E-state index in [0.29, 0.717) is 18.8 Å². The summed E-state index contributed by atoms with van der Waals surface area (Å²) in [6, 6.07) is 6.95. The lowest BCUT2D eigenvalue weighted by Gasteiger charge is -2.22. The highest BCUT2D eigenvalue weighted by molar-refractivity contribution is 5.67. The SMILES string of the molecule is CC(C)(C)OC(=O)NCC(O)C(O)c1ccc(C2OCCO2)cc1. The first-order chi connectivity index (χ1) is 11.3. The molecule has 24 heavy (non-hydrogen) atoms. The Bertz CT molecular complexity index is 533. The van der Waals surface area contributed by atoms with Crippen LogP contribution in [0.3, 0.4) is 0 Å². The molecule has 7 heteroatoms. The van der Waals surface area contributed by atoms with Crippen molar-refractivity contribution in [1.29, 1.82) is 0 Å². The minimum absolute atomic E-state index is 0.118. The van der Waals surface area contributed by atoms with E-state index in [4.69, 9.17) is 14.2 Å². The number of alkyl carbamates (subject to hydrolysis) is 1. The van der Waals surface area contributed by atoms with Gasteiger partial charge in [0, 0.05) is 12.1 Å². The van der Waals surface area contributed by atoms with Crippen molar-refractivity contribution in [2.24, 2.45) is 0 Å². The highest BCUT2D eigenvalue weighted by Gasteiger charge is 2.23. The van der Waals surface area contributed by atoms with Crippen LogP contribution >= 0.6 is 0 Å². The van der Waals surface area contributed by atoms with E-state index in [9.17, 15) is 15.0 Å². The summed E-state index contributed by atoms with van der Waals surface area (Å²) in [6.07, 6.45) is -3.30. The van der Waals surface area contributed by atoms with Gasteiger partial charge in [-0.2, -0.15) is 0 Å². The average Bonchev–Trinajstić information content (AvgIpc) is 3.05. The van der Waals surface area contributed by atoms with Crippen LogP contribution in [0.25, 0.3) is 0 Å². The van der Waals surface area contributed by atoms with Crippen LogP contribution in [0.4, 0.5) is 4.79 Å². The number of carbonyl (C=O) groups is 1. The van der Waals surface area contributed by atoms with Crippen molar-refractivity contribution >= 4 is 6.09 Å². The average molecular weight is 339 g/mol. The van der Waals surface area contributed by atoms with Crippen LogP contribution in [0.1, 0.15) is 44.3 Å². The number of aliphatic hydroxyl groups excluding tert-OH is 2. The third kappa shape index (κ3) is 5.45. The van der Waals surface area contributed by atoms with Crippen molar-refractivity contribution < 1.29 is 29.2 Å². The van der Waals surface area contributed by atoms with Gasteiger partial charge in [-0.3, -0.25) is 0 Å². The molecule has 1 aromatic rings. The van der Waals surface area contributed by atoms with Gasteiger partial charge in [0.1, 0.15) is 17.8 Å². The molecule has 2 atom stereocenters. The molecule has 0 bridgehead atoms. The van der Waals surface area contributed by atoms with E-state index in [1.807, 2.05) is 0 Å². The molecule has 0 saturated carbocycles. The Morgan fingerprint density at radius 3 is 2.38 bits per heavy atom. The van der Waals surface area contributed by atoms with E-state index in [-0.39, 0.29) is 12.8 Å². The van der Waals surface area contributed by atoms with Crippen LogP contribution in [0.5, 0.6) is 0 Å². The number of ether oxygens (including phenoxy) is 3. The zero-order valence-corrected chi connectivity index (χ0v) is 14.2. The summed E-state index contributed by atoms with van der Waals surface area (Å²) < 4.78 is 15.9. The van der Waals surface area contributed by atoms with Gasteiger partial charge < -0.3 is 29.7 Å². The Hall–Kier alpha value is -1.67. The molecular formula is C17H25NO6. The number of hydrogen-bond donors (Lipinski definition) is 3. The maximum absolute atomic E-state index is 11.6. The predicted octanol–water partition coefficient (Wildman–Crippen LogP) is 1.65. The topological polar surface area (TPSA) is 97.3 Å². The summed E-state index contributed by atoms with van der Waals surface area (Å²) in [5.41, 5.74) is 0.772. The molecule has 0 radical (unpaired) electrons. The molecule has 1 aliphatic rings. The first kappa shape index (κ1) is 18.7. The van der Waals surface area contributed by atoms with Gasteiger partial charge in [0.2, 0.25) is 0 Å². The fraction of sp³-hybridized carbons (Fsp3) is 0.588. The number of carbonyl (C=O) groups excluding carboxylic acids is 1. The molecule has 1 saturated heterocycles. The third-order valence-corrected chi connectivity index (χ3v) is 3.39. The molecule has 7 nitrogen and oxygen atoms in total. The third-order valence-electron chi connectivity index (χ3n) is 3.39. The number of benzene rings is 1. The molecule has 1 aromatic carbocycles. The summed E-state index contributed by atoms with van der Waals surface area (Å²) >= 11 is 0. The van der Waals surface area contributed by atoms with Gasteiger partial charge in [-0.25, -0.2) is 4.79 Å². The van der Waals surface area contributed by atoms with Crippen molar-refractivity contribution in [3.63, 3.8) is 0 Å².